The van der Waals surface area contributed by atoms with Crippen molar-refractivity contribution in [3.05, 3.63) is 0 Å². The van der Waals surface area contributed by atoms with Crippen LogP contribution in [0.1, 0.15) is 19.3 Å². The fourth-order valence-electron chi connectivity index (χ4n) is 2.54. The predicted octanol–water partition coefficient (Wildman–Crippen LogP) is 1.72. The SMILES string of the molecule is FC(F)(F)CCN1CCN2CCCC2C1. The smallest absolute Gasteiger partial charge is 0.300 e. The summed E-state index contributed by atoms with van der Waals surface area (Å²) in [6.07, 6.45) is -2.31. The average Bonchev–Trinajstić information content (AvgIpc) is 2.60. The molecule has 5 heteroatoms. The lowest BCUT2D eigenvalue weighted by Gasteiger charge is -2.37. The first kappa shape index (κ1) is 11.2. The summed E-state index contributed by atoms with van der Waals surface area (Å²) >= 11 is 0. The fraction of sp³-hybridized carbons (Fsp3) is 1.00. The second-order valence-electron chi connectivity index (χ2n) is 4.50. The van der Waals surface area contributed by atoms with Crippen LogP contribution < -0.4 is 0 Å². The highest BCUT2D eigenvalue weighted by Gasteiger charge is 2.33. The van der Waals surface area contributed by atoms with Gasteiger partial charge in [-0.15, -0.1) is 0 Å². The van der Waals surface area contributed by atoms with Crippen LogP contribution in [0.5, 0.6) is 0 Å². The van der Waals surface area contributed by atoms with Gasteiger partial charge in [-0.25, -0.2) is 0 Å². The van der Waals surface area contributed by atoms with Crippen molar-refractivity contribution in [2.75, 3.05) is 32.7 Å². The molecular formula is C10H17F3N2. The lowest BCUT2D eigenvalue weighted by Crippen LogP contribution is -2.50. The summed E-state index contributed by atoms with van der Waals surface area (Å²) in [6, 6.07) is 0.520. The molecule has 2 nitrogen and oxygen atoms in total. The van der Waals surface area contributed by atoms with Crippen molar-refractivity contribution in [3.63, 3.8) is 0 Å². The number of alkyl halides is 3. The zero-order valence-corrected chi connectivity index (χ0v) is 8.76. The van der Waals surface area contributed by atoms with Crippen LogP contribution in [0.25, 0.3) is 0 Å². The minimum atomic E-state index is -4.01. The normalized spacial score (nSPS) is 29.4. The largest absolute Gasteiger partial charge is 0.390 e. The standard InChI is InChI=1S/C10H17F3N2/c11-10(12,13)3-5-14-6-7-15-4-1-2-9(15)8-14/h9H,1-8H2. The van der Waals surface area contributed by atoms with E-state index in [4.69, 9.17) is 0 Å². The topological polar surface area (TPSA) is 6.48 Å². The van der Waals surface area contributed by atoms with Gasteiger partial charge in [-0.3, -0.25) is 4.90 Å². The third kappa shape index (κ3) is 3.08. The molecule has 0 saturated carbocycles. The van der Waals surface area contributed by atoms with Crippen molar-refractivity contribution in [3.8, 4) is 0 Å². The Kier molecular flexibility index (Phi) is 3.21. The Balaban J connectivity index is 1.75. The van der Waals surface area contributed by atoms with E-state index in [1.165, 1.54) is 6.42 Å². The highest BCUT2D eigenvalue weighted by Crippen LogP contribution is 2.24. The Morgan fingerprint density at radius 1 is 1.13 bits per heavy atom. The molecule has 2 aliphatic rings. The van der Waals surface area contributed by atoms with E-state index in [-0.39, 0.29) is 6.54 Å². The average molecular weight is 222 g/mol. The van der Waals surface area contributed by atoms with Gasteiger partial charge in [-0.05, 0) is 19.4 Å². The molecule has 0 N–H and O–H groups in total. The van der Waals surface area contributed by atoms with E-state index in [1.807, 2.05) is 4.90 Å². The Labute approximate surface area is 88.0 Å². The molecule has 2 aliphatic heterocycles. The summed E-state index contributed by atoms with van der Waals surface area (Å²) < 4.78 is 36.1. The Bertz CT molecular complexity index is 217. The van der Waals surface area contributed by atoms with Crippen LogP contribution in [0.2, 0.25) is 0 Å². The maximum atomic E-state index is 12.0. The van der Waals surface area contributed by atoms with E-state index in [1.54, 1.807) is 0 Å². The maximum absolute atomic E-state index is 12.0. The summed E-state index contributed by atoms with van der Waals surface area (Å²) in [4.78, 5) is 4.37. The zero-order chi connectivity index (χ0) is 10.9. The summed E-state index contributed by atoms with van der Waals surface area (Å²) in [5, 5.41) is 0. The number of nitrogens with zero attached hydrogens (tertiary/aromatic N) is 2. The minimum Gasteiger partial charge on any atom is -0.300 e. The third-order valence-electron chi connectivity index (χ3n) is 3.38. The molecule has 2 rings (SSSR count). The number of fused-ring (bicyclic) bond motifs is 1. The molecule has 0 amide bonds. The van der Waals surface area contributed by atoms with E-state index in [9.17, 15) is 13.2 Å². The number of piperazine rings is 1. The monoisotopic (exact) mass is 222 g/mol. The Morgan fingerprint density at radius 2 is 1.93 bits per heavy atom. The van der Waals surface area contributed by atoms with Crippen LogP contribution in [-0.4, -0.2) is 54.7 Å². The van der Waals surface area contributed by atoms with Gasteiger partial charge in [0.15, 0.2) is 0 Å². The van der Waals surface area contributed by atoms with Crippen LogP contribution in [-0.2, 0) is 0 Å². The second-order valence-corrected chi connectivity index (χ2v) is 4.50. The van der Waals surface area contributed by atoms with Crippen LogP contribution in [0.15, 0.2) is 0 Å². The Morgan fingerprint density at radius 3 is 2.67 bits per heavy atom. The van der Waals surface area contributed by atoms with Gasteiger partial charge in [0.1, 0.15) is 0 Å². The quantitative estimate of drug-likeness (QED) is 0.702. The molecule has 88 valence electrons. The van der Waals surface area contributed by atoms with Crippen LogP contribution in [0, 0.1) is 0 Å². The summed E-state index contributed by atoms with van der Waals surface area (Å²) in [7, 11) is 0. The minimum absolute atomic E-state index is 0.174. The molecule has 1 unspecified atom stereocenters. The molecule has 0 bridgehead atoms. The molecule has 0 aromatic carbocycles. The fourth-order valence-corrected chi connectivity index (χ4v) is 2.54. The van der Waals surface area contributed by atoms with Crippen molar-refractivity contribution < 1.29 is 13.2 Å². The maximum Gasteiger partial charge on any atom is 0.390 e. The number of hydrogen-bond acceptors (Lipinski definition) is 2. The van der Waals surface area contributed by atoms with Crippen molar-refractivity contribution in [2.45, 2.75) is 31.5 Å². The van der Waals surface area contributed by atoms with Gasteiger partial charge in [0.05, 0.1) is 6.42 Å². The Hall–Kier alpha value is -0.290. The zero-order valence-electron chi connectivity index (χ0n) is 8.76. The van der Waals surface area contributed by atoms with Crippen LogP contribution >= 0.6 is 0 Å². The van der Waals surface area contributed by atoms with E-state index in [0.717, 1.165) is 32.6 Å². The predicted molar refractivity (Wildman–Crippen MR) is 51.7 cm³/mol. The molecule has 1 atom stereocenters. The summed E-state index contributed by atoms with van der Waals surface area (Å²) in [5.41, 5.74) is 0. The lowest BCUT2D eigenvalue weighted by atomic mass is 10.1. The van der Waals surface area contributed by atoms with Crippen LogP contribution in [0.3, 0.4) is 0 Å². The third-order valence-corrected chi connectivity index (χ3v) is 3.38. The molecule has 0 aliphatic carbocycles. The van der Waals surface area contributed by atoms with E-state index >= 15 is 0 Å². The molecule has 2 heterocycles. The van der Waals surface area contributed by atoms with Gasteiger partial charge in [0.25, 0.3) is 0 Å². The molecule has 0 spiro atoms. The summed E-state index contributed by atoms with van der Waals surface area (Å²) in [6.45, 7) is 3.89. The molecular weight excluding hydrogens is 205 g/mol. The molecule has 0 aromatic rings. The molecule has 0 radical (unpaired) electrons. The number of halogens is 3. The van der Waals surface area contributed by atoms with Crippen molar-refractivity contribution in [2.24, 2.45) is 0 Å². The van der Waals surface area contributed by atoms with Gasteiger partial charge < -0.3 is 4.90 Å². The highest BCUT2D eigenvalue weighted by molar-refractivity contribution is 4.86. The first-order valence-corrected chi connectivity index (χ1v) is 5.58. The summed E-state index contributed by atoms with van der Waals surface area (Å²) in [5.74, 6) is 0. The van der Waals surface area contributed by atoms with E-state index in [0.29, 0.717) is 6.04 Å². The van der Waals surface area contributed by atoms with Gasteiger partial charge in [0, 0.05) is 32.2 Å². The van der Waals surface area contributed by atoms with Gasteiger partial charge in [-0.1, -0.05) is 0 Å². The molecule has 0 aromatic heterocycles. The van der Waals surface area contributed by atoms with Crippen molar-refractivity contribution >= 4 is 0 Å². The lowest BCUT2D eigenvalue weighted by molar-refractivity contribution is -0.139. The van der Waals surface area contributed by atoms with Gasteiger partial charge in [-0.2, -0.15) is 13.2 Å². The number of rotatable bonds is 2. The van der Waals surface area contributed by atoms with E-state index in [2.05, 4.69) is 4.90 Å². The van der Waals surface area contributed by atoms with E-state index < -0.39 is 12.6 Å². The van der Waals surface area contributed by atoms with Crippen LogP contribution in [0.4, 0.5) is 13.2 Å². The first-order chi connectivity index (χ1) is 7.04. The molecule has 2 fully saturated rings. The molecule has 15 heavy (non-hydrogen) atoms. The van der Waals surface area contributed by atoms with Gasteiger partial charge >= 0.3 is 6.18 Å². The van der Waals surface area contributed by atoms with Gasteiger partial charge in [0.2, 0.25) is 0 Å². The first-order valence-electron chi connectivity index (χ1n) is 5.58. The highest BCUT2D eigenvalue weighted by atomic mass is 19.4. The molecule has 2 saturated heterocycles. The second kappa shape index (κ2) is 4.29. The van der Waals surface area contributed by atoms with Crippen molar-refractivity contribution in [1.82, 2.24) is 9.80 Å². The van der Waals surface area contributed by atoms with Crippen molar-refractivity contribution in [1.29, 1.82) is 0 Å². The number of hydrogen-bond donors (Lipinski definition) is 0.